The largest absolute Gasteiger partial charge is 0.396 e. The number of anilines is 1. The Labute approximate surface area is 134 Å². The first-order chi connectivity index (χ1) is 9.27. The number of hydrogen-bond donors (Lipinski definition) is 1. The molecule has 1 atom stereocenters. The molecule has 1 aromatic carbocycles. The Bertz CT molecular complexity index is 579. The van der Waals surface area contributed by atoms with Gasteiger partial charge >= 0.3 is 0 Å². The molecule has 0 aromatic heterocycles. The van der Waals surface area contributed by atoms with Gasteiger partial charge in [0.05, 0.1) is 15.7 Å². The van der Waals surface area contributed by atoms with Gasteiger partial charge in [0.15, 0.2) is 0 Å². The lowest BCUT2D eigenvalue weighted by atomic mass is 10.3. The summed E-state index contributed by atoms with van der Waals surface area (Å²) >= 11 is 13.5. The fourth-order valence-corrected chi connectivity index (χ4v) is 4.88. The lowest BCUT2D eigenvalue weighted by Crippen LogP contribution is -2.38. The van der Waals surface area contributed by atoms with Crippen LogP contribution in [-0.4, -0.2) is 37.8 Å². The summed E-state index contributed by atoms with van der Waals surface area (Å²) in [6, 6.07) is 2.74. The number of rotatable bonds is 6. The smallest absolute Gasteiger partial charge is 0.244 e. The molecule has 0 saturated heterocycles. The minimum absolute atomic E-state index is 0.0110. The van der Waals surface area contributed by atoms with Crippen molar-refractivity contribution in [2.75, 3.05) is 24.8 Å². The van der Waals surface area contributed by atoms with Crippen molar-refractivity contribution >= 4 is 50.7 Å². The minimum Gasteiger partial charge on any atom is -0.396 e. The fraction of sp³-hybridized carbons (Fsp3) is 0.500. The lowest BCUT2D eigenvalue weighted by molar-refractivity contribution is 0.385. The minimum atomic E-state index is -3.69. The zero-order valence-corrected chi connectivity index (χ0v) is 14.7. The third kappa shape index (κ3) is 3.54. The van der Waals surface area contributed by atoms with E-state index in [9.17, 15) is 8.42 Å². The predicted octanol–water partition coefficient (Wildman–Crippen LogP) is 3.34. The van der Waals surface area contributed by atoms with Gasteiger partial charge < -0.3 is 5.73 Å². The maximum absolute atomic E-state index is 12.6. The van der Waals surface area contributed by atoms with E-state index in [0.29, 0.717) is 5.75 Å². The summed E-state index contributed by atoms with van der Waals surface area (Å²) in [5, 5.41) is 0.219. The average Bonchev–Trinajstić information content (AvgIpc) is 2.41. The van der Waals surface area contributed by atoms with E-state index in [1.54, 1.807) is 18.8 Å². The predicted molar refractivity (Wildman–Crippen MR) is 88.3 cm³/mol. The molecule has 0 fully saturated rings. The van der Waals surface area contributed by atoms with Crippen LogP contribution in [0.3, 0.4) is 0 Å². The van der Waals surface area contributed by atoms with Crippen molar-refractivity contribution in [3.05, 3.63) is 22.2 Å². The maximum Gasteiger partial charge on any atom is 0.244 e. The molecule has 0 aliphatic rings. The molecular formula is C12H18Cl2N2O2S2. The van der Waals surface area contributed by atoms with Crippen LogP contribution in [0.15, 0.2) is 17.0 Å². The summed E-state index contributed by atoms with van der Waals surface area (Å²) in [5.74, 6) is 0.715. The number of nitrogen functional groups attached to an aromatic ring is 1. The van der Waals surface area contributed by atoms with Gasteiger partial charge in [-0.2, -0.15) is 16.1 Å². The Balaban J connectivity index is 3.26. The van der Waals surface area contributed by atoms with Gasteiger partial charge in [-0.1, -0.05) is 30.1 Å². The number of benzene rings is 1. The first-order valence-electron chi connectivity index (χ1n) is 5.97. The summed E-state index contributed by atoms with van der Waals surface area (Å²) in [6.07, 6.45) is 2.66. The molecule has 0 heterocycles. The van der Waals surface area contributed by atoms with Crippen molar-refractivity contribution in [1.82, 2.24) is 4.31 Å². The Kier molecular flexibility index (Phi) is 6.47. The Morgan fingerprint density at radius 3 is 2.50 bits per heavy atom. The Morgan fingerprint density at radius 2 is 2.00 bits per heavy atom. The molecule has 0 spiro atoms. The molecule has 0 amide bonds. The van der Waals surface area contributed by atoms with Gasteiger partial charge in [0.1, 0.15) is 4.90 Å². The van der Waals surface area contributed by atoms with Crippen molar-refractivity contribution in [1.29, 1.82) is 0 Å². The Morgan fingerprint density at radius 1 is 1.40 bits per heavy atom. The van der Waals surface area contributed by atoms with Crippen molar-refractivity contribution < 1.29 is 8.42 Å². The highest BCUT2D eigenvalue weighted by atomic mass is 35.5. The van der Waals surface area contributed by atoms with E-state index in [1.807, 2.05) is 13.2 Å². The molecular weight excluding hydrogens is 339 g/mol. The number of nitrogens with zero attached hydrogens (tertiary/aromatic N) is 1. The van der Waals surface area contributed by atoms with E-state index in [1.165, 1.54) is 16.4 Å². The van der Waals surface area contributed by atoms with Crippen LogP contribution in [0.4, 0.5) is 5.69 Å². The van der Waals surface area contributed by atoms with Gasteiger partial charge in [0.25, 0.3) is 0 Å². The summed E-state index contributed by atoms with van der Waals surface area (Å²) in [5.41, 5.74) is 5.78. The van der Waals surface area contributed by atoms with Gasteiger partial charge in [0.2, 0.25) is 10.0 Å². The van der Waals surface area contributed by atoms with Crippen LogP contribution in [0.1, 0.15) is 13.3 Å². The molecule has 2 N–H and O–H groups in total. The molecule has 8 heteroatoms. The third-order valence-electron chi connectivity index (χ3n) is 3.09. The highest BCUT2D eigenvalue weighted by molar-refractivity contribution is 7.98. The number of sulfonamides is 1. The van der Waals surface area contributed by atoms with Crippen molar-refractivity contribution in [2.24, 2.45) is 0 Å². The maximum atomic E-state index is 12.6. The van der Waals surface area contributed by atoms with Crippen LogP contribution in [0.5, 0.6) is 0 Å². The first-order valence-corrected chi connectivity index (χ1v) is 9.56. The van der Waals surface area contributed by atoms with Crippen LogP contribution >= 0.6 is 35.0 Å². The second kappa shape index (κ2) is 7.22. The number of hydrogen-bond acceptors (Lipinski definition) is 4. The quantitative estimate of drug-likeness (QED) is 0.793. The molecule has 1 aromatic rings. The summed E-state index contributed by atoms with van der Waals surface area (Å²) < 4.78 is 26.6. The van der Waals surface area contributed by atoms with Crippen LogP contribution in [0.25, 0.3) is 0 Å². The molecule has 0 aliphatic carbocycles. The van der Waals surface area contributed by atoms with E-state index in [4.69, 9.17) is 28.9 Å². The number of thioether (sulfide) groups is 1. The van der Waals surface area contributed by atoms with Crippen LogP contribution < -0.4 is 5.73 Å². The lowest BCUT2D eigenvalue weighted by Gasteiger charge is -2.26. The van der Waals surface area contributed by atoms with E-state index < -0.39 is 10.0 Å². The van der Waals surface area contributed by atoms with Gasteiger partial charge in [-0.25, -0.2) is 8.42 Å². The molecule has 1 rings (SSSR count). The van der Waals surface area contributed by atoms with Crippen LogP contribution in [0, 0.1) is 0 Å². The third-order valence-corrected chi connectivity index (χ3v) is 6.61. The van der Waals surface area contributed by atoms with Crippen LogP contribution in [-0.2, 0) is 10.0 Å². The molecule has 20 heavy (non-hydrogen) atoms. The van der Waals surface area contributed by atoms with Gasteiger partial charge in [0, 0.05) is 18.8 Å². The molecule has 114 valence electrons. The SMILES string of the molecule is CCC(CSC)N(C)S(=O)(=O)c1ccc(Cl)c(N)c1Cl. The second-order valence-electron chi connectivity index (χ2n) is 4.31. The summed E-state index contributed by atoms with van der Waals surface area (Å²) in [4.78, 5) is -0.0110. The second-order valence-corrected chi connectivity index (χ2v) is 7.97. The van der Waals surface area contributed by atoms with Crippen molar-refractivity contribution in [3.63, 3.8) is 0 Å². The van der Waals surface area contributed by atoms with E-state index >= 15 is 0 Å². The van der Waals surface area contributed by atoms with Gasteiger partial charge in [-0.05, 0) is 24.8 Å². The van der Waals surface area contributed by atoms with Crippen LogP contribution in [0.2, 0.25) is 10.0 Å². The number of nitrogens with two attached hydrogens (primary N) is 1. The van der Waals surface area contributed by atoms with Gasteiger partial charge in [-0.15, -0.1) is 0 Å². The van der Waals surface area contributed by atoms with Gasteiger partial charge in [-0.3, -0.25) is 0 Å². The molecule has 0 saturated carbocycles. The molecule has 1 unspecified atom stereocenters. The molecule has 0 bridgehead atoms. The number of halogens is 2. The zero-order chi connectivity index (χ0) is 15.5. The fourth-order valence-electron chi connectivity index (χ4n) is 1.77. The topological polar surface area (TPSA) is 63.4 Å². The van der Waals surface area contributed by atoms with E-state index in [-0.39, 0.29) is 26.7 Å². The molecule has 4 nitrogen and oxygen atoms in total. The van der Waals surface area contributed by atoms with Crippen molar-refractivity contribution in [3.8, 4) is 0 Å². The van der Waals surface area contributed by atoms with Crippen molar-refractivity contribution in [2.45, 2.75) is 24.3 Å². The van der Waals surface area contributed by atoms with E-state index in [0.717, 1.165) is 6.42 Å². The summed E-state index contributed by atoms with van der Waals surface area (Å²) in [6.45, 7) is 1.95. The van der Waals surface area contributed by atoms with E-state index in [2.05, 4.69) is 0 Å². The first kappa shape index (κ1) is 17.9. The summed E-state index contributed by atoms with van der Waals surface area (Å²) in [7, 11) is -2.14. The highest BCUT2D eigenvalue weighted by Crippen LogP contribution is 2.34. The molecule has 0 aliphatic heterocycles. The highest BCUT2D eigenvalue weighted by Gasteiger charge is 2.29. The normalized spacial score (nSPS) is 13.7. The zero-order valence-electron chi connectivity index (χ0n) is 11.6. The molecule has 0 radical (unpaired) electrons. The monoisotopic (exact) mass is 356 g/mol. The average molecular weight is 357 g/mol. The standard InChI is InChI=1S/C12H18Cl2N2O2S2/c1-4-8(7-19-3)16(2)20(17,18)10-6-5-9(13)12(15)11(10)14/h5-6,8H,4,7,15H2,1-3H3. The Hall–Kier alpha value is -0.140.